The number of alkyl halides is 3. The van der Waals surface area contributed by atoms with Gasteiger partial charge in [-0.3, -0.25) is 0 Å². The fourth-order valence-corrected chi connectivity index (χ4v) is 4.88. The van der Waals surface area contributed by atoms with Gasteiger partial charge in [0.25, 0.3) is 0 Å². The van der Waals surface area contributed by atoms with E-state index in [2.05, 4.69) is 9.97 Å². The van der Waals surface area contributed by atoms with Gasteiger partial charge in [-0.25, -0.2) is 9.97 Å². The van der Waals surface area contributed by atoms with Gasteiger partial charge in [-0.15, -0.1) is 23.1 Å². The van der Waals surface area contributed by atoms with Gasteiger partial charge in [-0.1, -0.05) is 6.92 Å². The largest absolute Gasteiger partial charge is 0.462 e. The molecule has 0 unspecified atom stereocenters. The van der Waals surface area contributed by atoms with E-state index in [0.717, 1.165) is 31.9 Å². The minimum absolute atomic E-state index is 0.275. The van der Waals surface area contributed by atoms with E-state index in [1.807, 2.05) is 13.0 Å². The SMILES string of the molecule is CCSc1c(-c2nc3cc(C(F)(F)F)ncc3n2C)sc2ccoc12. The number of fused-ring (bicyclic) bond motifs is 2. The zero-order chi connectivity index (χ0) is 17.8. The van der Waals surface area contributed by atoms with Crippen molar-refractivity contribution in [3.05, 3.63) is 30.3 Å². The van der Waals surface area contributed by atoms with E-state index < -0.39 is 11.9 Å². The molecule has 25 heavy (non-hydrogen) atoms. The molecule has 4 aromatic heterocycles. The molecular formula is C16H12F3N3OS2. The van der Waals surface area contributed by atoms with Gasteiger partial charge >= 0.3 is 6.18 Å². The molecule has 0 radical (unpaired) electrons. The number of halogens is 3. The molecule has 0 fully saturated rings. The van der Waals surface area contributed by atoms with E-state index in [1.165, 1.54) is 17.5 Å². The molecule has 0 aromatic carbocycles. The number of hydrogen-bond donors (Lipinski definition) is 0. The van der Waals surface area contributed by atoms with E-state index in [4.69, 9.17) is 4.42 Å². The maximum absolute atomic E-state index is 12.9. The summed E-state index contributed by atoms with van der Waals surface area (Å²) in [6, 6.07) is 2.87. The Morgan fingerprint density at radius 2 is 2.16 bits per heavy atom. The molecule has 0 aliphatic rings. The Balaban J connectivity index is 1.94. The van der Waals surface area contributed by atoms with Crippen molar-refractivity contribution in [2.75, 3.05) is 5.75 Å². The van der Waals surface area contributed by atoms with Gasteiger partial charge in [-0.2, -0.15) is 13.2 Å². The van der Waals surface area contributed by atoms with Gasteiger partial charge in [0.15, 0.2) is 11.4 Å². The molecule has 0 saturated carbocycles. The van der Waals surface area contributed by atoms with Crippen LogP contribution in [0.25, 0.3) is 32.0 Å². The zero-order valence-corrected chi connectivity index (χ0v) is 14.8. The third-order valence-corrected chi connectivity index (χ3v) is 6.03. The smallest absolute Gasteiger partial charge is 0.433 e. The third kappa shape index (κ3) is 2.62. The number of imidazole rings is 1. The molecule has 0 spiro atoms. The Kier molecular flexibility index (Phi) is 3.80. The number of thioether (sulfide) groups is 1. The van der Waals surface area contributed by atoms with E-state index in [9.17, 15) is 13.2 Å². The lowest BCUT2D eigenvalue weighted by Crippen LogP contribution is -2.07. The van der Waals surface area contributed by atoms with Crippen molar-refractivity contribution in [3.8, 4) is 10.7 Å². The predicted octanol–water partition coefficient (Wildman–Crippen LogP) is 5.57. The Morgan fingerprint density at radius 1 is 1.36 bits per heavy atom. The highest BCUT2D eigenvalue weighted by Crippen LogP contribution is 2.45. The van der Waals surface area contributed by atoms with Crippen molar-refractivity contribution < 1.29 is 17.6 Å². The average molecular weight is 383 g/mol. The fourth-order valence-electron chi connectivity index (χ4n) is 2.67. The molecule has 9 heteroatoms. The van der Waals surface area contributed by atoms with Crippen LogP contribution in [0.2, 0.25) is 0 Å². The van der Waals surface area contributed by atoms with Crippen molar-refractivity contribution in [2.24, 2.45) is 7.05 Å². The molecule has 4 rings (SSSR count). The summed E-state index contributed by atoms with van der Waals surface area (Å²) in [5.41, 5.74) is 0.693. The first kappa shape index (κ1) is 16.5. The van der Waals surface area contributed by atoms with E-state index >= 15 is 0 Å². The molecule has 4 aromatic rings. The minimum atomic E-state index is -4.49. The van der Waals surface area contributed by atoms with Crippen molar-refractivity contribution in [2.45, 2.75) is 18.0 Å². The van der Waals surface area contributed by atoms with Crippen LogP contribution in [0.4, 0.5) is 13.2 Å². The highest BCUT2D eigenvalue weighted by molar-refractivity contribution is 7.99. The van der Waals surface area contributed by atoms with Gasteiger partial charge in [0.1, 0.15) is 5.69 Å². The summed E-state index contributed by atoms with van der Waals surface area (Å²) in [5, 5.41) is 0. The molecule has 0 aliphatic heterocycles. The van der Waals surface area contributed by atoms with Crippen LogP contribution in [0, 0.1) is 0 Å². The molecule has 0 saturated heterocycles. The maximum Gasteiger partial charge on any atom is 0.433 e. The molecule has 4 heterocycles. The second kappa shape index (κ2) is 5.77. The molecule has 130 valence electrons. The zero-order valence-electron chi connectivity index (χ0n) is 13.2. The van der Waals surface area contributed by atoms with Crippen LogP contribution >= 0.6 is 23.1 Å². The molecule has 0 amide bonds. The quantitative estimate of drug-likeness (QED) is 0.434. The lowest BCUT2D eigenvalue weighted by Gasteiger charge is -2.05. The standard InChI is InChI=1S/C16H12F3N3OS2/c1-3-24-13-12-10(4-5-23-12)25-14(13)15-21-8-6-11(16(17,18)19)20-7-9(8)22(15)2/h4-7H,3H2,1-2H3. The Hall–Kier alpha value is -2.00. The molecule has 0 bridgehead atoms. The van der Waals surface area contributed by atoms with Gasteiger partial charge < -0.3 is 8.98 Å². The Morgan fingerprint density at radius 3 is 2.88 bits per heavy atom. The fraction of sp³-hybridized carbons (Fsp3) is 0.250. The summed E-state index contributed by atoms with van der Waals surface area (Å²) in [4.78, 5) is 9.85. The van der Waals surface area contributed by atoms with Crippen LogP contribution in [0.3, 0.4) is 0 Å². The molecule has 0 atom stereocenters. The molecule has 0 aliphatic carbocycles. The third-order valence-electron chi connectivity index (χ3n) is 3.80. The summed E-state index contributed by atoms with van der Waals surface area (Å²) in [5.74, 6) is 1.46. The highest BCUT2D eigenvalue weighted by atomic mass is 32.2. The summed E-state index contributed by atoms with van der Waals surface area (Å²) in [6.07, 6.45) is -1.63. The first-order valence-corrected chi connectivity index (χ1v) is 9.23. The number of pyridine rings is 1. The van der Waals surface area contributed by atoms with Gasteiger partial charge in [0.2, 0.25) is 0 Å². The summed E-state index contributed by atoms with van der Waals surface area (Å²) in [6.45, 7) is 2.04. The number of hydrogen-bond acceptors (Lipinski definition) is 5. The van der Waals surface area contributed by atoms with Crippen LogP contribution < -0.4 is 0 Å². The van der Waals surface area contributed by atoms with Gasteiger partial charge in [0, 0.05) is 7.05 Å². The van der Waals surface area contributed by atoms with Crippen LogP contribution in [0.5, 0.6) is 0 Å². The number of nitrogens with zero attached hydrogens (tertiary/aromatic N) is 3. The van der Waals surface area contributed by atoms with Crippen LogP contribution in [-0.4, -0.2) is 20.3 Å². The molecule has 0 N–H and O–H groups in total. The number of thiophene rings is 1. The van der Waals surface area contributed by atoms with Gasteiger partial charge in [0.05, 0.1) is 38.0 Å². The summed E-state index contributed by atoms with van der Waals surface area (Å²) < 4.78 is 47.0. The monoisotopic (exact) mass is 383 g/mol. The van der Waals surface area contributed by atoms with Gasteiger partial charge in [-0.05, 0) is 17.9 Å². The first-order chi connectivity index (χ1) is 11.9. The summed E-state index contributed by atoms with van der Waals surface area (Å²) >= 11 is 3.15. The van der Waals surface area contributed by atoms with E-state index in [1.54, 1.807) is 29.6 Å². The highest BCUT2D eigenvalue weighted by Gasteiger charge is 2.33. The number of rotatable bonds is 3. The van der Waals surface area contributed by atoms with E-state index in [-0.39, 0.29) is 5.52 Å². The lowest BCUT2D eigenvalue weighted by molar-refractivity contribution is -0.141. The normalized spacial score (nSPS) is 12.5. The Bertz CT molecular complexity index is 1080. The number of furan rings is 1. The van der Waals surface area contributed by atoms with Crippen LogP contribution in [0.15, 0.2) is 33.9 Å². The Labute approximate surface area is 148 Å². The average Bonchev–Trinajstić information content (AvgIpc) is 3.21. The number of aromatic nitrogens is 3. The van der Waals surface area contributed by atoms with Crippen molar-refractivity contribution in [1.82, 2.24) is 14.5 Å². The van der Waals surface area contributed by atoms with Crippen molar-refractivity contribution in [1.29, 1.82) is 0 Å². The second-order valence-electron chi connectivity index (χ2n) is 5.36. The molecule has 4 nitrogen and oxygen atoms in total. The number of aryl methyl sites for hydroxylation is 1. The lowest BCUT2D eigenvalue weighted by atomic mass is 10.3. The molecular weight excluding hydrogens is 371 g/mol. The first-order valence-electron chi connectivity index (χ1n) is 7.43. The topological polar surface area (TPSA) is 43.9 Å². The maximum atomic E-state index is 12.9. The minimum Gasteiger partial charge on any atom is -0.462 e. The van der Waals surface area contributed by atoms with E-state index in [0.29, 0.717) is 11.3 Å². The van der Waals surface area contributed by atoms with Crippen molar-refractivity contribution in [3.63, 3.8) is 0 Å². The predicted molar refractivity (Wildman–Crippen MR) is 93.0 cm³/mol. The van der Waals surface area contributed by atoms with Crippen LogP contribution in [-0.2, 0) is 13.2 Å². The van der Waals surface area contributed by atoms with Crippen molar-refractivity contribution >= 4 is 44.4 Å². The summed E-state index contributed by atoms with van der Waals surface area (Å²) in [7, 11) is 1.78. The second-order valence-corrected chi connectivity index (χ2v) is 7.68. The van der Waals surface area contributed by atoms with Crippen LogP contribution in [0.1, 0.15) is 12.6 Å².